The van der Waals surface area contributed by atoms with Crippen molar-refractivity contribution in [2.45, 2.75) is 57.2 Å². The van der Waals surface area contributed by atoms with Crippen LogP contribution in [0.4, 0.5) is 0 Å². The van der Waals surface area contributed by atoms with E-state index >= 15 is 0 Å². The molecule has 1 amide bonds. The molecule has 1 N–H and O–H groups in total. The summed E-state index contributed by atoms with van der Waals surface area (Å²) in [4.78, 5) is 14.3. The Morgan fingerprint density at radius 2 is 2.11 bits per heavy atom. The summed E-state index contributed by atoms with van der Waals surface area (Å²) in [7, 11) is 0. The van der Waals surface area contributed by atoms with Crippen molar-refractivity contribution in [3.63, 3.8) is 0 Å². The van der Waals surface area contributed by atoms with E-state index in [2.05, 4.69) is 5.32 Å². The SMILES string of the molecule is O=C(CNC1CCCC1)N(Cc1ccco1)C1CC1. The summed E-state index contributed by atoms with van der Waals surface area (Å²) in [5, 5.41) is 3.40. The van der Waals surface area contributed by atoms with E-state index < -0.39 is 0 Å². The van der Waals surface area contributed by atoms with Crippen LogP contribution in [-0.2, 0) is 11.3 Å². The molecule has 0 atom stereocenters. The molecule has 1 aromatic rings. The molecule has 0 unspecified atom stereocenters. The average molecular weight is 262 g/mol. The van der Waals surface area contributed by atoms with Crippen molar-refractivity contribution >= 4 is 5.91 Å². The third-order valence-electron chi connectivity index (χ3n) is 4.11. The maximum absolute atomic E-state index is 12.3. The standard InChI is InChI=1S/C15H22N2O2/c18-15(10-16-12-4-1-2-5-12)17(13-7-8-13)11-14-6-3-9-19-14/h3,6,9,12-13,16H,1-2,4-5,7-8,10-11H2. The largest absolute Gasteiger partial charge is 0.467 e. The summed E-state index contributed by atoms with van der Waals surface area (Å²) >= 11 is 0. The Morgan fingerprint density at radius 1 is 1.32 bits per heavy atom. The third-order valence-corrected chi connectivity index (χ3v) is 4.11. The van der Waals surface area contributed by atoms with Crippen molar-refractivity contribution in [2.24, 2.45) is 0 Å². The Bertz CT molecular complexity index is 406. The fourth-order valence-corrected chi connectivity index (χ4v) is 2.84. The van der Waals surface area contributed by atoms with Crippen molar-refractivity contribution < 1.29 is 9.21 Å². The van der Waals surface area contributed by atoms with Crippen LogP contribution in [0.25, 0.3) is 0 Å². The second-order valence-electron chi connectivity index (χ2n) is 5.69. The smallest absolute Gasteiger partial charge is 0.237 e. The minimum Gasteiger partial charge on any atom is -0.467 e. The Morgan fingerprint density at radius 3 is 2.74 bits per heavy atom. The van der Waals surface area contributed by atoms with Gasteiger partial charge in [-0.25, -0.2) is 0 Å². The highest BCUT2D eigenvalue weighted by Gasteiger charge is 2.33. The fourth-order valence-electron chi connectivity index (χ4n) is 2.84. The first-order chi connectivity index (χ1) is 9.33. The topological polar surface area (TPSA) is 45.5 Å². The Balaban J connectivity index is 1.52. The van der Waals surface area contributed by atoms with Gasteiger partial charge in [-0.1, -0.05) is 12.8 Å². The van der Waals surface area contributed by atoms with Crippen molar-refractivity contribution in [1.29, 1.82) is 0 Å². The van der Waals surface area contributed by atoms with Crippen LogP contribution in [0.5, 0.6) is 0 Å². The first kappa shape index (κ1) is 12.7. The Kier molecular flexibility index (Phi) is 3.87. The van der Waals surface area contributed by atoms with Gasteiger partial charge in [0.1, 0.15) is 5.76 Å². The lowest BCUT2D eigenvalue weighted by molar-refractivity contribution is -0.131. The molecule has 0 bridgehead atoms. The van der Waals surface area contributed by atoms with Gasteiger partial charge < -0.3 is 14.6 Å². The maximum Gasteiger partial charge on any atom is 0.237 e. The molecule has 0 radical (unpaired) electrons. The quantitative estimate of drug-likeness (QED) is 0.855. The molecule has 4 nitrogen and oxygen atoms in total. The number of hydrogen-bond donors (Lipinski definition) is 1. The molecule has 3 rings (SSSR count). The molecule has 1 heterocycles. The van der Waals surface area contributed by atoms with Crippen molar-refractivity contribution in [3.8, 4) is 0 Å². The number of carbonyl (C=O) groups excluding carboxylic acids is 1. The molecule has 2 saturated carbocycles. The van der Waals surface area contributed by atoms with E-state index in [0.717, 1.165) is 18.6 Å². The van der Waals surface area contributed by atoms with Gasteiger partial charge in [-0.3, -0.25) is 4.79 Å². The van der Waals surface area contributed by atoms with E-state index in [4.69, 9.17) is 4.42 Å². The first-order valence-corrected chi connectivity index (χ1v) is 7.38. The summed E-state index contributed by atoms with van der Waals surface area (Å²) in [6.07, 6.45) is 8.96. The van der Waals surface area contributed by atoms with E-state index in [1.807, 2.05) is 17.0 Å². The number of nitrogens with zero attached hydrogens (tertiary/aromatic N) is 1. The van der Waals surface area contributed by atoms with Gasteiger partial charge in [0.15, 0.2) is 0 Å². The zero-order valence-electron chi connectivity index (χ0n) is 11.3. The van der Waals surface area contributed by atoms with Crippen LogP contribution in [-0.4, -0.2) is 29.4 Å². The summed E-state index contributed by atoms with van der Waals surface area (Å²) in [6.45, 7) is 1.09. The second kappa shape index (κ2) is 5.78. The van der Waals surface area contributed by atoms with Crippen LogP contribution in [0.2, 0.25) is 0 Å². The minimum absolute atomic E-state index is 0.214. The van der Waals surface area contributed by atoms with Crippen LogP contribution in [0.3, 0.4) is 0 Å². The Hall–Kier alpha value is -1.29. The number of hydrogen-bond acceptors (Lipinski definition) is 3. The van der Waals surface area contributed by atoms with Crippen molar-refractivity contribution in [1.82, 2.24) is 10.2 Å². The van der Waals surface area contributed by atoms with Crippen molar-refractivity contribution in [2.75, 3.05) is 6.54 Å². The van der Waals surface area contributed by atoms with E-state index in [1.54, 1.807) is 6.26 Å². The fraction of sp³-hybridized carbons (Fsp3) is 0.667. The lowest BCUT2D eigenvalue weighted by atomic mass is 10.2. The van der Waals surface area contributed by atoms with Gasteiger partial charge in [0, 0.05) is 12.1 Å². The van der Waals surface area contributed by atoms with E-state index in [1.165, 1.54) is 25.7 Å². The molecule has 2 fully saturated rings. The van der Waals surface area contributed by atoms with Gasteiger partial charge in [0.25, 0.3) is 0 Å². The Labute approximate surface area is 114 Å². The molecule has 0 saturated heterocycles. The normalized spacial score (nSPS) is 19.8. The van der Waals surface area contributed by atoms with E-state index in [9.17, 15) is 4.79 Å². The van der Waals surface area contributed by atoms with Gasteiger partial charge in [-0.15, -0.1) is 0 Å². The summed E-state index contributed by atoms with van der Waals surface area (Å²) in [5.41, 5.74) is 0. The predicted octanol–water partition coefficient (Wildman–Crippen LogP) is 2.30. The molecular formula is C15H22N2O2. The second-order valence-corrected chi connectivity index (χ2v) is 5.69. The number of amides is 1. The van der Waals surface area contributed by atoms with Crippen LogP contribution in [0, 0.1) is 0 Å². The van der Waals surface area contributed by atoms with Gasteiger partial charge in [-0.2, -0.15) is 0 Å². The van der Waals surface area contributed by atoms with E-state index in [-0.39, 0.29) is 5.91 Å². The molecule has 4 heteroatoms. The molecule has 0 aromatic carbocycles. The molecule has 0 spiro atoms. The van der Waals surface area contributed by atoms with Gasteiger partial charge in [-0.05, 0) is 37.8 Å². The first-order valence-electron chi connectivity index (χ1n) is 7.38. The molecule has 2 aliphatic carbocycles. The van der Waals surface area contributed by atoms with Gasteiger partial charge in [0.05, 0.1) is 19.4 Å². The number of carbonyl (C=O) groups is 1. The number of rotatable bonds is 6. The predicted molar refractivity (Wildman–Crippen MR) is 72.5 cm³/mol. The molecule has 0 aliphatic heterocycles. The summed E-state index contributed by atoms with van der Waals surface area (Å²) < 4.78 is 5.36. The maximum atomic E-state index is 12.3. The van der Waals surface area contributed by atoms with Crippen molar-refractivity contribution in [3.05, 3.63) is 24.2 Å². The summed E-state index contributed by atoms with van der Waals surface area (Å²) in [6, 6.07) is 4.80. The number of nitrogens with one attached hydrogen (secondary N) is 1. The highest BCUT2D eigenvalue weighted by Crippen LogP contribution is 2.28. The molecule has 104 valence electrons. The van der Waals surface area contributed by atoms with Crippen LogP contribution >= 0.6 is 0 Å². The minimum atomic E-state index is 0.214. The lowest BCUT2D eigenvalue weighted by Gasteiger charge is -2.22. The van der Waals surface area contributed by atoms with Crippen LogP contribution in [0.15, 0.2) is 22.8 Å². The zero-order valence-corrected chi connectivity index (χ0v) is 11.3. The monoisotopic (exact) mass is 262 g/mol. The molecule has 2 aliphatic rings. The zero-order chi connectivity index (χ0) is 13.1. The molecule has 1 aromatic heterocycles. The average Bonchev–Trinajstić information content (AvgIpc) is 2.94. The van der Waals surface area contributed by atoms with Gasteiger partial charge >= 0.3 is 0 Å². The highest BCUT2D eigenvalue weighted by atomic mass is 16.3. The third kappa shape index (κ3) is 3.38. The molecule has 19 heavy (non-hydrogen) atoms. The van der Waals surface area contributed by atoms with E-state index in [0.29, 0.717) is 25.2 Å². The van der Waals surface area contributed by atoms with Crippen LogP contribution < -0.4 is 5.32 Å². The number of furan rings is 1. The summed E-state index contributed by atoms with van der Waals surface area (Å²) in [5.74, 6) is 1.09. The highest BCUT2D eigenvalue weighted by molar-refractivity contribution is 5.78. The molecular weight excluding hydrogens is 240 g/mol. The lowest BCUT2D eigenvalue weighted by Crippen LogP contribution is -2.41. The van der Waals surface area contributed by atoms with Crippen LogP contribution in [0.1, 0.15) is 44.3 Å². The van der Waals surface area contributed by atoms with Gasteiger partial charge in [0.2, 0.25) is 5.91 Å².